The van der Waals surface area contributed by atoms with Crippen molar-refractivity contribution in [3.05, 3.63) is 0 Å². The van der Waals surface area contributed by atoms with Gasteiger partial charge in [-0.2, -0.15) is 11.8 Å². The maximum atomic E-state index is 2.25. The van der Waals surface area contributed by atoms with Crippen molar-refractivity contribution in [1.29, 1.82) is 0 Å². The Morgan fingerprint density at radius 3 is 2.33 bits per heavy atom. The molecule has 0 saturated carbocycles. The monoisotopic (exact) mass is 259 g/mol. The van der Waals surface area contributed by atoms with E-state index >= 15 is 0 Å². The zero-order chi connectivity index (χ0) is 5.98. The Bertz CT molecular complexity index is 71.5. The summed E-state index contributed by atoms with van der Waals surface area (Å²) in [6, 6.07) is 0.944. The second-order valence-corrected chi connectivity index (χ2v) is 3.79. The molecule has 0 aromatic carbocycles. The third kappa shape index (κ3) is 3.09. The fourth-order valence-corrected chi connectivity index (χ4v) is 2.39. The molecule has 0 aliphatic carbocycles. The highest BCUT2D eigenvalue weighted by Gasteiger charge is 2.19. The van der Waals surface area contributed by atoms with Gasteiger partial charge in [0.15, 0.2) is 0 Å². The molecule has 1 nitrogen and oxygen atoms in total. The Hall–Kier alpha value is 1.04. The van der Waals surface area contributed by atoms with Crippen LogP contribution in [0.15, 0.2) is 0 Å². The average molecular weight is 259 g/mol. The number of hydrogen-bond donors (Lipinski definition) is 1. The van der Waals surface area contributed by atoms with Gasteiger partial charge in [-0.05, 0) is 5.75 Å². The van der Waals surface area contributed by atoms with Crippen LogP contribution < -0.4 is 28.9 Å². The molecule has 3 heteroatoms. The molecule has 0 aromatic rings. The van der Waals surface area contributed by atoms with Crippen LogP contribution in [0.1, 0.15) is 6.42 Å². The van der Waals surface area contributed by atoms with Crippen LogP contribution in [-0.4, -0.2) is 31.6 Å². The second-order valence-electron chi connectivity index (χ2n) is 2.64. The quantitative estimate of drug-likeness (QED) is 0.482. The van der Waals surface area contributed by atoms with Crippen LogP contribution in [0.4, 0.5) is 0 Å². The van der Waals surface area contributed by atoms with Gasteiger partial charge in [0.05, 0.1) is 20.1 Å². The molecule has 1 aliphatic heterocycles. The maximum Gasteiger partial charge on any atom is 0.0970 e. The van der Waals surface area contributed by atoms with E-state index in [1.807, 2.05) is 0 Å². The minimum atomic E-state index is 0. The third-order valence-electron chi connectivity index (χ3n) is 1.75. The molecule has 1 unspecified atom stereocenters. The molecule has 1 heterocycles. The normalized spacial score (nSPS) is 26.3. The first-order valence-corrected chi connectivity index (χ1v) is 4.34. The van der Waals surface area contributed by atoms with Crippen molar-refractivity contribution < 1.29 is 28.9 Å². The van der Waals surface area contributed by atoms with E-state index in [1.165, 1.54) is 17.9 Å². The van der Waals surface area contributed by atoms with Gasteiger partial charge in [-0.15, -0.1) is 0 Å². The van der Waals surface area contributed by atoms with Gasteiger partial charge in [-0.25, -0.2) is 0 Å². The fourth-order valence-electron chi connectivity index (χ4n) is 0.990. The summed E-state index contributed by atoms with van der Waals surface area (Å²) in [7, 11) is 4.49. The molecule has 0 amide bonds. The van der Waals surface area contributed by atoms with Gasteiger partial charge in [0.1, 0.15) is 0 Å². The zero-order valence-corrected chi connectivity index (χ0v) is 8.96. The van der Waals surface area contributed by atoms with Gasteiger partial charge in [0.2, 0.25) is 0 Å². The SMILES string of the molecule is C[NH+](C)C1CCSC1.[I-]. The average Bonchev–Trinajstić information content (AvgIpc) is 2.12. The Balaban J connectivity index is 0.000000640. The van der Waals surface area contributed by atoms with Gasteiger partial charge in [0.25, 0.3) is 0 Å². The Kier molecular flexibility index (Phi) is 5.35. The molecule has 1 aliphatic rings. The molecular weight excluding hydrogens is 245 g/mol. The van der Waals surface area contributed by atoms with Crippen LogP contribution in [0.2, 0.25) is 0 Å². The van der Waals surface area contributed by atoms with Crippen LogP contribution in [0.25, 0.3) is 0 Å². The van der Waals surface area contributed by atoms with E-state index in [0.717, 1.165) is 6.04 Å². The number of nitrogens with one attached hydrogen (secondary N) is 1. The summed E-state index contributed by atoms with van der Waals surface area (Å²) in [5.41, 5.74) is 0. The van der Waals surface area contributed by atoms with E-state index in [0.29, 0.717) is 0 Å². The third-order valence-corrected chi connectivity index (χ3v) is 2.91. The van der Waals surface area contributed by atoms with E-state index in [9.17, 15) is 0 Å². The van der Waals surface area contributed by atoms with Gasteiger partial charge in [-0.3, -0.25) is 0 Å². The molecular formula is C6H14INS. The van der Waals surface area contributed by atoms with Gasteiger partial charge >= 0.3 is 0 Å². The summed E-state index contributed by atoms with van der Waals surface area (Å²) in [6.07, 6.45) is 1.42. The fraction of sp³-hybridized carbons (Fsp3) is 1.00. The Morgan fingerprint density at radius 1 is 1.44 bits per heavy atom. The van der Waals surface area contributed by atoms with E-state index in [4.69, 9.17) is 0 Å². The lowest BCUT2D eigenvalue weighted by Gasteiger charge is -2.13. The van der Waals surface area contributed by atoms with Gasteiger partial charge in [0, 0.05) is 12.2 Å². The summed E-state index contributed by atoms with van der Waals surface area (Å²) >= 11 is 2.09. The topological polar surface area (TPSA) is 4.44 Å². The molecule has 0 aromatic heterocycles. The largest absolute Gasteiger partial charge is 1.00 e. The maximum absolute atomic E-state index is 2.25. The summed E-state index contributed by atoms with van der Waals surface area (Å²) in [5.74, 6) is 2.76. The Labute approximate surface area is 78.6 Å². The highest BCUT2D eigenvalue weighted by molar-refractivity contribution is 7.99. The predicted octanol–water partition coefficient (Wildman–Crippen LogP) is -3.36. The number of thioether (sulfide) groups is 1. The Morgan fingerprint density at radius 2 is 2.11 bits per heavy atom. The molecule has 9 heavy (non-hydrogen) atoms. The standard InChI is InChI=1S/C6H13NS.HI/c1-7(2)6-3-4-8-5-6;/h6H,3-5H2,1-2H3;1H. The number of halogens is 1. The van der Waals surface area contributed by atoms with E-state index < -0.39 is 0 Å². The minimum absolute atomic E-state index is 0. The van der Waals surface area contributed by atoms with Crippen molar-refractivity contribution in [3.63, 3.8) is 0 Å². The first kappa shape index (κ1) is 10.0. The lowest BCUT2D eigenvalue weighted by molar-refractivity contribution is -0.882. The van der Waals surface area contributed by atoms with E-state index in [2.05, 4.69) is 25.9 Å². The van der Waals surface area contributed by atoms with Crippen LogP contribution in [0, 0.1) is 0 Å². The van der Waals surface area contributed by atoms with Gasteiger partial charge < -0.3 is 28.9 Å². The molecule has 1 N–H and O–H groups in total. The van der Waals surface area contributed by atoms with Crippen LogP contribution >= 0.6 is 11.8 Å². The van der Waals surface area contributed by atoms with Crippen molar-refractivity contribution in [2.75, 3.05) is 25.6 Å². The number of quaternary nitrogens is 1. The zero-order valence-electron chi connectivity index (χ0n) is 5.98. The molecule has 1 rings (SSSR count). The van der Waals surface area contributed by atoms with Crippen molar-refractivity contribution in [2.24, 2.45) is 0 Å². The number of rotatable bonds is 1. The lowest BCUT2D eigenvalue weighted by atomic mass is 10.2. The van der Waals surface area contributed by atoms with Gasteiger partial charge in [-0.1, -0.05) is 0 Å². The summed E-state index contributed by atoms with van der Waals surface area (Å²) in [6.45, 7) is 0. The molecule has 56 valence electrons. The van der Waals surface area contributed by atoms with E-state index in [-0.39, 0.29) is 24.0 Å². The molecule has 0 radical (unpaired) electrons. The van der Waals surface area contributed by atoms with Crippen molar-refractivity contribution in [2.45, 2.75) is 12.5 Å². The minimum Gasteiger partial charge on any atom is -1.00 e. The first-order valence-electron chi connectivity index (χ1n) is 3.18. The van der Waals surface area contributed by atoms with Crippen LogP contribution in [0.3, 0.4) is 0 Å². The molecule has 1 atom stereocenters. The second kappa shape index (κ2) is 4.79. The molecule has 0 bridgehead atoms. The summed E-state index contributed by atoms with van der Waals surface area (Å²) in [5, 5.41) is 0. The summed E-state index contributed by atoms with van der Waals surface area (Å²) in [4.78, 5) is 1.62. The van der Waals surface area contributed by atoms with Crippen LogP contribution in [0.5, 0.6) is 0 Å². The van der Waals surface area contributed by atoms with Crippen molar-refractivity contribution in [1.82, 2.24) is 0 Å². The predicted molar refractivity (Wildman–Crippen MR) is 38.5 cm³/mol. The first-order chi connectivity index (χ1) is 3.80. The van der Waals surface area contributed by atoms with E-state index in [1.54, 1.807) is 4.90 Å². The molecule has 1 fully saturated rings. The van der Waals surface area contributed by atoms with Crippen LogP contribution in [-0.2, 0) is 0 Å². The lowest BCUT2D eigenvalue weighted by Crippen LogP contribution is -3.10. The highest BCUT2D eigenvalue weighted by atomic mass is 127. The van der Waals surface area contributed by atoms with Crippen molar-refractivity contribution >= 4 is 11.8 Å². The highest BCUT2D eigenvalue weighted by Crippen LogP contribution is 2.14. The molecule has 1 saturated heterocycles. The number of hydrogen-bond acceptors (Lipinski definition) is 1. The molecule has 0 spiro atoms. The van der Waals surface area contributed by atoms with Crippen molar-refractivity contribution in [3.8, 4) is 0 Å². The summed E-state index contributed by atoms with van der Waals surface area (Å²) < 4.78 is 0. The smallest absolute Gasteiger partial charge is 0.0970 e.